The van der Waals surface area contributed by atoms with Crippen LogP contribution in [0.1, 0.15) is 0 Å². The highest BCUT2D eigenvalue weighted by Gasteiger charge is 2.13. The minimum absolute atomic E-state index is 0.761. The number of thiophene rings is 1. The van der Waals surface area contributed by atoms with Crippen LogP contribution >= 0.6 is 11.3 Å². The SMILES string of the molecule is COc1ccc2c(ccc3cc4c(cc32)sc2ccccc24)c1OC. The summed E-state index contributed by atoms with van der Waals surface area (Å²) in [5.74, 6) is 1.55. The van der Waals surface area contributed by atoms with Gasteiger partial charge in [-0.15, -0.1) is 11.3 Å². The molecule has 0 N–H and O–H groups in total. The molecule has 5 aromatic rings. The molecule has 3 heteroatoms. The van der Waals surface area contributed by atoms with Crippen molar-refractivity contribution >= 4 is 53.1 Å². The minimum atomic E-state index is 0.761. The first-order valence-corrected chi connectivity index (χ1v) is 9.00. The van der Waals surface area contributed by atoms with Gasteiger partial charge < -0.3 is 9.47 Å². The topological polar surface area (TPSA) is 18.5 Å². The van der Waals surface area contributed by atoms with Gasteiger partial charge in [0.15, 0.2) is 11.5 Å². The van der Waals surface area contributed by atoms with E-state index in [1.54, 1.807) is 14.2 Å². The second-order valence-corrected chi connectivity index (χ2v) is 7.21. The third kappa shape index (κ3) is 2.02. The average molecular weight is 344 g/mol. The second kappa shape index (κ2) is 5.36. The van der Waals surface area contributed by atoms with Crippen molar-refractivity contribution in [2.75, 3.05) is 14.2 Å². The zero-order valence-corrected chi connectivity index (χ0v) is 14.8. The summed E-state index contributed by atoms with van der Waals surface area (Å²) >= 11 is 1.85. The number of hydrogen-bond acceptors (Lipinski definition) is 3. The standard InChI is InChI=1S/C22H16O2S/c1-23-19-10-9-14-16(22(19)24-2)8-7-13-11-18-15-5-3-4-6-20(15)25-21(18)12-17(13)14/h3-12H,1-2H3. The summed E-state index contributed by atoms with van der Waals surface area (Å²) in [7, 11) is 3.36. The molecular weight excluding hydrogens is 328 g/mol. The molecule has 25 heavy (non-hydrogen) atoms. The number of rotatable bonds is 2. The maximum absolute atomic E-state index is 5.61. The van der Waals surface area contributed by atoms with Crippen molar-refractivity contribution in [3.63, 3.8) is 0 Å². The summed E-state index contributed by atoms with van der Waals surface area (Å²) < 4.78 is 13.7. The Balaban J connectivity index is 1.93. The van der Waals surface area contributed by atoms with Gasteiger partial charge in [0.25, 0.3) is 0 Å². The number of ether oxygens (including phenoxy) is 2. The molecular formula is C22H16O2S. The van der Waals surface area contributed by atoms with Gasteiger partial charge in [0.2, 0.25) is 0 Å². The van der Waals surface area contributed by atoms with Crippen LogP contribution in [-0.2, 0) is 0 Å². The van der Waals surface area contributed by atoms with Gasteiger partial charge >= 0.3 is 0 Å². The van der Waals surface area contributed by atoms with Gasteiger partial charge in [-0.3, -0.25) is 0 Å². The van der Waals surface area contributed by atoms with Crippen molar-refractivity contribution < 1.29 is 9.47 Å². The molecule has 2 nitrogen and oxygen atoms in total. The Kier molecular flexibility index (Phi) is 3.12. The van der Waals surface area contributed by atoms with E-state index in [4.69, 9.17) is 9.47 Å². The second-order valence-electron chi connectivity index (χ2n) is 6.13. The zero-order chi connectivity index (χ0) is 17.0. The smallest absolute Gasteiger partial charge is 0.168 e. The van der Waals surface area contributed by atoms with E-state index < -0.39 is 0 Å². The van der Waals surface area contributed by atoms with Crippen LogP contribution < -0.4 is 9.47 Å². The fourth-order valence-electron chi connectivity index (χ4n) is 3.68. The Morgan fingerprint density at radius 3 is 2.32 bits per heavy atom. The van der Waals surface area contributed by atoms with E-state index in [-0.39, 0.29) is 0 Å². The molecule has 1 aromatic heterocycles. The first-order valence-electron chi connectivity index (χ1n) is 8.19. The summed E-state index contributed by atoms with van der Waals surface area (Å²) in [6, 6.07) is 21.6. The van der Waals surface area contributed by atoms with Crippen LogP contribution in [0.3, 0.4) is 0 Å². The Labute approximate surface area is 149 Å². The number of methoxy groups -OCH3 is 2. The van der Waals surface area contributed by atoms with Crippen LogP contribution in [0.15, 0.2) is 60.7 Å². The normalized spacial score (nSPS) is 11.6. The third-order valence-electron chi connectivity index (χ3n) is 4.85. The van der Waals surface area contributed by atoms with Crippen molar-refractivity contribution in [2.24, 2.45) is 0 Å². The average Bonchev–Trinajstić information content (AvgIpc) is 3.02. The minimum Gasteiger partial charge on any atom is -0.493 e. The molecule has 4 aromatic carbocycles. The molecule has 0 amide bonds. The molecule has 0 aliphatic rings. The molecule has 0 bridgehead atoms. The third-order valence-corrected chi connectivity index (χ3v) is 5.99. The van der Waals surface area contributed by atoms with Crippen LogP contribution in [0.5, 0.6) is 11.5 Å². The Morgan fingerprint density at radius 1 is 0.640 bits per heavy atom. The largest absolute Gasteiger partial charge is 0.493 e. The van der Waals surface area contributed by atoms with Crippen LogP contribution in [0.2, 0.25) is 0 Å². The van der Waals surface area contributed by atoms with Gasteiger partial charge in [-0.1, -0.05) is 24.3 Å². The van der Waals surface area contributed by atoms with Gasteiger partial charge in [0, 0.05) is 25.6 Å². The zero-order valence-electron chi connectivity index (χ0n) is 14.0. The lowest BCUT2D eigenvalue weighted by Gasteiger charge is -2.12. The van der Waals surface area contributed by atoms with E-state index in [1.807, 2.05) is 17.4 Å². The lowest BCUT2D eigenvalue weighted by atomic mass is 9.99. The van der Waals surface area contributed by atoms with Gasteiger partial charge in [0.1, 0.15) is 0 Å². The number of hydrogen-bond donors (Lipinski definition) is 0. The van der Waals surface area contributed by atoms with Crippen molar-refractivity contribution in [3.05, 3.63) is 60.7 Å². The predicted octanol–water partition coefficient (Wildman–Crippen LogP) is 6.38. The molecule has 0 aliphatic heterocycles. The molecule has 5 rings (SSSR count). The maximum Gasteiger partial charge on any atom is 0.168 e. The molecule has 0 aliphatic carbocycles. The van der Waals surface area contributed by atoms with Crippen LogP contribution in [0.4, 0.5) is 0 Å². The molecule has 0 atom stereocenters. The fourth-order valence-corrected chi connectivity index (χ4v) is 4.81. The van der Waals surface area contributed by atoms with E-state index >= 15 is 0 Å². The molecule has 0 saturated heterocycles. The van der Waals surface area contributed by atoms with Crippen LogP contribution in [0.25, 0.3) is 41.7 Å². The Morgan fingerprint density at radius 2 is 1.48 bits per heavy atom. The molecule has 0 unspecified atom stereocenters. The monoisotopic (exact) mass is 344 g/mol. The van der Waals surface area contributed by atoms with E-state index in [2.05, 4.69) is 54.6 Å². The van der Waals surface area contributed by atoms with E-state index in [0.717, 1.165) is 16.9 Å². The molecule has 1 heterocycles. The van der Waals surface area contributed by atoms with Gasteiger partial charge in [-0.2, -0.15) is 0 Å². The van der Waals surface area contributed by atoms with Gasteiger partial charge in [0.05, 0.1) is 14.2 Å². The Hall–Kier alpha value is -2.78. The first kappa shape index (κ1) is 14.6. The molecule has 0 fully saturated rings. The lowest BCUT2D eigenvalue weighted by Crippen LogP contribution is -1.91. The van der Waals surface area contributed by atoms with Crippen molar-refractivity contribution in [2.45, 2.75) is 0 Å². The number of benzene rings is 4. The predicted molar refractivity (Wildman–Crippen MR) is 107 cm³/mol. The van der Waals surface area contributed by atoms with Gasteiger partial charge in [-0.05, 0) is 52.6 Å². The highest BCUT2D eigenvalue weighted by Crippen LogP contribution is 2.41. The first-order chi connectivity index (χ1) is 12.3. The quantitative estimate of drug-likeness (QED) is 0.346. The van der Waals surface area contributed by atoms with Crippen LogP contribution in [0, 0.1) is 0 Å². The summed E-state index contributed by atoms with van der Waals surface area (Å²) in [6.45, 7) is 0. The van der Waals surface area contributed by atoms with Crippen molar-refractivity contribution in [3.8, 4) is 11.5 Å². The molecule has 0 saturated carbocycles. The van der Waals surface area contributed by atoms with E-state index in [1.165, 1.54) is 36.3 Å². The van der Waals surface area contributed by atoms with E-state index in [9.17, 15) is 0 Å². The summed E-state index contributed by atoms with van der Waals surface area (Å²) in [5.41, 5.74) is 0. The molecule has 0 radical (unpaired) electrons. The summed E-state index contributed by atoms with van der Waals surface area (Å²) in [4.78, 5) is 0. The highest BCUT2D eigenvalue weighted by atomic mass is 32.1. The maximum atomic E-state index is 5.61. The van der Waals surface area contributed by atoms with Crippen molar-refractivity contribution in [1.29, 1.82) is 0 Å². The van der Waals surface area contributed by atoms with Crippen LogP contribution in [-0.4, -0.2) is 14.2 Å². The number of fused-ring (bicyclic) bond motifs is 6. The van der Waals surface area contributed by atoms with Crippen molar-refractivity contribution in [1.82, 2.24) is 0 Å². The Bertz CT molecular complexity index is 1270. The van der Waals surface area contributed by atoms with Gasteiger partial charge in [-0.25, -0.2) is 0 Å². The molecule has 122 valence electrons. The molecule has 0 spiro atoms. The lowest BCUT2D eigenvalue weighted by molar-refractivity contribution is 0.358. The summed E-state index contributed by atoms with van der Waals surface area (Å²) in [6.07, 6.45) is 0. The summed E-state index contributed by atoms with van der Waals surface area (Å²) in [5, 5.41) is 7.42. The van der Waals surface area contributed by atoms with E-state index in [0.29, 0.717) is 0 Å². The fraction of sp³-hybridized carbons (Fsp3) is 0.0909. The highest BCUT2D eigenvalue weighted by molar-refractivity contribution is 7.25.